The predicted octanol–water partition coefficient (Wildman–Crippen LogP) is 25.9. The van der Waals surface area contributed by atoms with Crippen molar-refractivity contribution < 1.29 is 8.78 Å². The number of halogens is 2. The van der Waals surface area contributed by atoms with Crippen molar-refractivity contribution >= 4 is 52.7 Å². The number of hydrogen-bond donors (Lipinski definition) is 0. The second-order valence-electron chi connectivity index (χ2n) is 40.4. The lowest BCUT2D eigenvalue weighted by Gasteiger charge is -2.24. The molecule has 2 fully saturated rings. The van der Waals surface area contributed by atoms with Gasteiger partial charge in [-0.25, -0.2) is 37.5 Å². The van der Waals surface area contributed by atoms with Crippen molar-refractivity contribution in [1.29, 1.82) is 0 Å². The van der Waals surface area contributed by atoms with E-state index in [4.69, 9.17) is 0 Å². The normalized spacial score (nSPS) is 16.7. The average molecular weight is 1640 g/mol. The molecule has 22 heteroatoms. The van der Waals surface area contributed by atoms with Crippen LogP contribution in [0.5, 0.6) is 0 Å². The van der Waals surface area contributed by atoms with Gasteiger partial charge in [-0.15, -0.1) is 21.5 Å². The highest BCUT2D eigenvalue weighted by molar-refractivity contribution is 7.10. The number of imidazole rings is 2. The molecule has 8 aromatic rings. The number of aliphatic imine (C=N–C) groups is 3. The Labute approximate surface area is 704 Å². The van der Waals surface area contributed by atoms with Crippen LogP contribution in [0.25, 0.3) is 0 Å². The van der Waals surface area contributed by atoms with Crippen molar-refractivity contribution in [2.45, 2.75) is 360 Å². The third-order valence-electron chi connectivity index (χ3n) is 19.3. The molecule has 0 aromatic carbocycles. The fourth-order valence-corrected chi connectivity index (χ4v) is 15.6. The number of alkyl halides is 2. The zero-order chi connectivity index (χ0) is 88.6. The molecule has 0 spiro atoms. The molecule has 0 radical (unpaired) electrons. The summed E-state index contributed by atoms with van der Waals surface area (Å²) in [5, 5.41) is 21.6. The van der Waals surface area contributed by atoms with Gasteiger partial charge >= 0.3 is 0 Å². The van der Waals surface area contributed by atoms with E-state index >= 15 is 0 Å². The summed E-state index contributed by atoms with van der Waals surface area (Å²) in [6, 6.07) is 4.27. The highest BCUT2D eigenvalue weighted by atomic mass is 32.1. The fourth-order valence-electron chi connectivity index (χ4n) is 13.2. The van der Waals surface area contributed by atoms with Crippen LogP contribution < -0.4 is 0 Å². The third-order valence-corrected chi connectivity index (χ3v) is 23.3. The molecule has 12 rings (SSSR count). The lowest BCUT2D eigenvalue weighted by Crippen LogP contribution is -2.24. The maximum Gasteiger partial charge on any atom is 0.125 e. The molecular formula is C92H159F2N17S3. The van der Waals surface area contributed by atoms with Crippen LogP contribution in [-0.4, -0.2) is 104 Å². The van der Waals surface area contributed by atoms with Gasteiger partial charge in [-0.05, 0) is 218 Å². The van der Waals surface area contributed by atoms with Crippen LogP contribution in [0.15, 0.2) is 93.6 Å². The molecule has 0 saturated heterocycles. The Bertz CT molecular complexity index is 4060. The van der Waals surface area contributed by atoms with Crippen LogP contribution >= 0.6 is 34.4 Å². The molecule has 0 amide bonds. The van der Waals surface area contributed by atoms with Gasteiger partial charge in [0.2, 0.25) is 0 Å². The van der Waals surface area contributed by atoms with E-state index in [-0.39, 0.29) is 43.6 Å². The highest BCUT2D eigenvalue weighted by Crippen LogP contribution is 2.56. The monoisotopic (exact) mass is 1640 g/mol. The smallest absolute Gasteiger partial charge is 0.125 e. The third kappa shape index (κ3) is 36.6. The van der Waals surface area contributed by atoms with Gasteiger partial charge in [0.1, 0.15) is 17.2 Å². The first-order chi connectivity index (χ1) is 51.7. The Morgan fingerprint density at radius 3 is 1.33 bits per heavy atom. The zero-order valence-electron chi connectivity index (χ0n) is 79.9. The van der Waals surface area contributed by atoms with Crippen molar-refractivity contribution in [2.75, 3.05) is 6.54 Å². The summed E-state index contributed by atoms with van der Waals surface area (Å²) in [6.07, 6.45) is 21.0. The highest BCUT2D eigenvalue weighted by Gasteiger charge is 2.56. The van der Waals surface area contributed by atoms with E-state index in [9.17, 15) is 8.78 Å². The summed E-state index contributed by atoms with van der Waals surface area (Å²) < 4.78 is 44.2. The molecule has 2 aliphatic carbocycles. The number of allylic oxidation sites excluding steroid dienone is 2. The number of aryl methyl sites for hydroxylation is 8. The van der Waals surface area contributed by atoms with Crippen LogP contribution in [0.4, 0.5) is 8.78 Å². The largest absolute Gasteiger partial charge is 0.337 e. The van der Waals surface area contributed by atoms with Crippen molar-refractivity contribution in [3.8, 4) is 0 Å². The summed E-state index contributed by atoms with van der Waals surface area (Å²) in [5.41, 5.74) is 13.6. The van der Waals surface area contributed by atoms with E-state index in [0.717, 1.165) is 43.0 Å². The number of aromatic nitrogens is 14. The lowest BCUT2D eigenvalue weighted by molar-refractivity contribution is 0.137. The van der Waals surface area contributed by atoms with Gasteiger partial charge in [0.05, 0.1) is 65.9 Å². The quantitative estimate of drug-likeness (QED) is 0.166. The molecule has 4 aliphatic rings. The van der Waals surface area contributed by atoms with Crippen molar-refractivity contribution in [1.82, 2.24) is 67.6 Å². The van der Waals surface area contributed by atoms with E-state index in [1.807, 2.05) is 129 Å². The molecule has 2 saturated carbocycles. The fraction of sp³-hybridized carbons (Fsp3) is 0.696. The van der Waals surface area contributed by atoms with Gasteiger partial charge in [0, 0.05) is 113 Å². The minimum absolute atomic E-state index is 0.0561. The molecule has 17 nitrogen and oxygen atoms in total. The summed E-state index contributed by atoms with van der Waals surface area (Å²) in [7, 11) is 6.05. The standard InChI is InChI=1S/C10H17N.C9H16N2.C9H15NS.C8H15F.C8H14N2.C8H13NS.C7H13F.C7H13N3.C7H12N2.C7H10S.C6H11N3.C6H10N2/c1-7-6-11-8(2)9(7)10(3,4)5;1-7-6-10-11(5)8(7)9(2,3)4;1-6-7(2)10-11-8(6)9(3,4)5;1-7(2,3)6-5-8(6,4)9;1-6(2)8-7(3)9-5-10(8)4;1-6-5-9-10-7(6)8(2,3)4;1-6(2,3)7(8)4-5-7;1-6-5-8-9-10(6)7(2,3)4;1-6(2)7-4-8-5-9(7)3;1-6(2)7-4-3-5-8-7;1-6(2,3)9-5-4-7-8-9;1-5(2)6-7-3-4-8-6/h6-7H,1-5H3;6H,1-5H3;1-5H3;6H,5H2,1-4H3;5-6H,1-4H3;5H,1-4H3;4-5H2,1-3H3;5H,1-4H3;4-6H,1-3H3;3-6H,1-2H3;4-5H,1-3H3;3,5H,4H2,1-2H3. The Hall–Kier alpha value is -6.52. The molecule has 0 N–H and O–H groups in total. The SMILES string of the molecule is CC(C)(C)C1(F)CC1.CC(C)(C)C1CC1(C)F.CC(C)(C)n1ccnn1.CC(C)C1=NCC=N1.CC(C)c1cccs1.CC(C)c1cncn1C.CC1=C(C(C)(C)C)C(C)C=N1.Cc1cnn(C)c1C(C)(C)C.Cc1cnnn1C(C)(C)C.Cc1cnsc1C(C)(C)C.Cc1ncn(C)c1C(C)C.Cc1nsc(C(C)(C)C)c1C. The number of hydrogen-bond acceptors (Lipinski definition) is 15. The van der Waals surface area contributed by atoms with Gasteiger partial charge in [0.25, 0.3) is 0 Å². The molecule has 3 atom stereocenters. The lowest BCUT2D eigenvalue weighted by atomic mass is 9.80. The van der Waals surface area contributed by atoms with Crippen molar-refractivity contribution in [2.24, 2.45) is 70.1 Å². The average Bonchev–Trinajstić information content (AvgIpc) is 1.61. The van der Waals surface area contributed by atoms with Crippen LogP contribution in [0.2, 0.25) is 0 Å². The molecule has 2 aliphatic heterocycles. The molecule has 8 aromatic heterocycles. The van der Waals surface area contributed by atoms with E-state index in [2.05, 4.69) is 331 Å². The van der Waals surface area contributed by atoms with E-state index in [1.165, 1.54) is 65.4 Å². The second kappa shape index (κ2) is 44.3. The Morgan fingerprint density at radius 1 is 0.588 bits per heavy atom. The Balaban J connectivity index is 0.000000623. The van der Waals surface area contributed by atoms with Crippen LogP contribution in [0.1, 0.15) is 345 Å². The first-order valence-corrected chi connectivity index (χ1v) is 43.4. The maximum atomic E-state index is 13.0. The van der Waals surface area contributed by atoms with Gasteiger partial charge in [-0.1, -0.05) is 203 Å². The van der Waals surface area contributed by atoms with Gasteiger partial charge in [0.15, 0.2) is 0 Å². The number of thiophene rings is 1. The topological polar surface area (TPSA) is 178 Å². The van der Waals surface area contributed by atoms with Crippen molar-refractivity contribution in [3.05, 3.63) is 144 Å². The zero-order valence-corrected chi connectivity index (χ0v) is 82.3. The maximum absolute atomic E-state index is 13.0. The predicted molar refractivity (Wildman–Crippen MR) is 490 cm³/mol. The first-order valence-electron chi connectivity index (χ1n) is 40.9. The number of amidine groups is 1. The molecule has 0 bridgehead atoms. The molecule has 10 heterocycles. The summed E-state index contributed by atoms with van der Waals surface area (Å²) in [5.74, 6) is 4.18. The summed E-state index contributed by atoms with van der Waals surface area (Å²) in [4.78, 5) is 25.0. The molecule has 3 unspecified atom stereocenters. The van der Waals surface area contributed by atoms with Crippen molar-refractivity contribution in [3.63, 3.8) is 0 Å². The second-order valence-corrected chi connectivity index (χ2v) is 43.0. The van der Waals surface area contributed by atoms with E-state index in [0.29, 0.717) is 35.5 Å². The van der Waals surface area contributed by atoms with E-state index < -0.39 is 11.3 Å². The molecule has 644 valence electrons. The summed E-state index contributed by atoms with van der Waals surface area (Å²) >= 11 is 5.07. The van der Waals surface area contributed by atoms with Gasteiger partial charge in [-0.3, -0.25) is 14.7 Å². The van der Waals surface area contributed by atoms with Crippen LogP contribution in [0, 0.1) is 75.5 Å². The van der Waals surface area contributed by atoms with Gasteiger partial charge < -0.3 is 9.13 Å². The molecular weight excluding hydrogens is 1480 g/mol. The molecule has 114 heavy (non-hydrogen) atoms. The minimum Gasteiger partial charge on any atom is -0.337 e. The minimum atomic E-state index is -0.849. The van der Waals surface area contributed by atoms with Crippen LogP contribution in [0.3, 0.4) is 0 Å². The first kappa shape index (κ1) is 105. The Morgan fingerprint density at radius 2 is 1.16 bits per heavy atom. The van der Waals surface area contributed by atoms with Gasteiger partial charge in [-0.2, -0.15) is 9.47 Å². The summed E-state index contributed by atoms with van der Waals surface area (Å²) in [6.45, 7) is 88.0. The Kier molecular flexibility index (Phi) is 41.0. The van der Waals surface area contributed by atoms with E-state index in [1.54, 1.807) is 42.4 Å². The van der Waals surface area contributed by atoms with Crippen LogP contribution in [-0.2, 0) is 48.5 Å². The number of nitrogens with zero attached hydrogens (tertiary/aromatic N) is 17. The number of rotatable bonds is 4.